The van der Waals surface area contributed by atoms with Gasteiger partial charge >= 0.3 is 0 Å². The van der Waals surface area contributed by atoms with Gasteiger partial charge in [0.25, 0.3) is 0 Å². The highest BCUT2D eigenvalue weighted by molar-refractivity contribution is 14.1. The third kappa shape index (κ3) is 12.3. The minimum absolute atomic E-state index is 0.0485. The summed E-state index contributed by atoms with van der Waals surface area (Å²) in [5.41, 5.74) is 42.7. The van der Waals surface area contributed by atoms with Crippen molar-refractivity contribution in [1.82, 2.24) is 0 Å². The number of anilines is 7. The van der Waals surface area contributed by atoms with Gasteiger partial charge in [0.2, 0.25) is 0 Å². The molecule has 4 aliphatic carbocycles. The summed E-state index contributed by atoms with van der Waals surface area (Å²) in [6.07, 6.45) is 0. The van der Waals surface area contributed by atoms with Crippen molar-refractivity contribution in [3.8, 4) is 44.5 Å². The summed E-state index contributed by atoms with van der Waals surface area (Å²) in [6.45, 7) is 36.3. The largest absolute Gasteiger partial charge is 0.399 e. The fraction of sp³-hybridized carbons (Fsp3) is 0.228. The van der Waals surface area contributed by atoms with Gasteiger partial charge in [-0.25, -0.2) is 0 Å². The predicted octanol–water partition coefficient (Wildman–Crippen LogP) is 27.7. The summed E-state index contributed by atoms with van der Waals surface area (Å²) in [5.74, 6) is 0. The van der Waals surface area contributed by atoms with Crippen LogP contribution in [0.2, 0.25) is 0 Å². The van der Waals surface area contributed by atoms with E-state index < -0.39 is 5.41 Å². The molecule has 0 amide bonds. The summed E-state index contributed by atoms with van der Waals surface area (Å²) in [7, 11) is 0. The van der Waals surface area contributed by atoms with Gasteiger partial charge in [0.15, 0.2) is 0 Å². The molecule has 0 aromatic heterocycles. The predicted molar refractivity (Wildman–Crippen MR) is 457 cm³/mol. The van der Waals surface area contributed by atoms with Crippen molar-refractivity contribution < 1.29 is 0 Å². The third-order valence-corrected chi connectivity index (χ3v) is 23.2. The molecule has 1 unspecified atom stereocenters. The molecule has 1 atom stereocenters. The summed E-state index contributed by atoms with van der Waals surface area (Å²) >= 11 is 2.32. The second kappa shape index (κ2) is 26.2. The van der Waals surface area contributed by atoms with Gasteiger partial charge in [-0.2, -0.15) is 0 Å². The van der Waals surface area contributed by atoms with Crippen molar-refractivity contribution in [3.05, 3.63) is 373 Å². The quantitative estimate of drug-likeness (QED) is 0.133. The molecular weight excluding hydrogens is 1380 g/mol. The van der Waals surface area contributed by atoms with E-state index in [-0.39, 0.29) is 32.5 Å². The fourth-order valence-corrected chi connectivity index (χ4v) is 17.3. The van der Waals surface area contributed by atoms with E-state index in [1.54, 1.807) is 0 Å². The van der Waals surface area contributed by atoms with Crippen LogP contribution in [0.3, 0.4) is 0 Å². The first-order valence-electron chi connectivity index (χ1n) is 37.4. The van der Waals surface area contributed by atoms with Crippen LogP contribution in [-0.2, 0) is 37.9 Å². The minimum atomic E-state index is -0.556. The van der Waals surface area contributed by atoms with Crippen LogP contribution >= 0.6 is 22.6 Å². The lowest BCUT2D eigenvalue weighted by Gasteiger charge is -2.33. The zero-order chi connectivity index (χ0) is 73.9. The number of nitrogens with zero attached hydrogens (tertiary/aromatic N) is 2. The number of aryl methyl sites for hydroxylation is 1. The Morgan fingerprint density at radius 1 is 0.238 bits per heavy atom. The first kappa shape index (κ1) is 70.6. The number of nitrogen functional groups attached to an aromatic ring is 1. The highest BCUT2D eigenvalue weighted by Crippen LogP contribution is 2.66. The monoisotopic (exact) mass is 1480 g/mol. The van der Waals surface area contributed by atoms with Crippen LogP contribution in [0.15, 0.2) is 291 Å². The molecule has 4 aliphatic rings. The van der Waals surface area contributed by atoms with Gasteiger partial charge in [0, 0.05) is 43.4 Å². The normalized spacial score (nSPS) is 14.7. The van der Waals surface area contributed by atoms with Crippen LogP contribution in [0.5, 0.6) is 0 Å². The molecule has 2 spiro atoms. The lowest BCUT2D eigenvalue weighted by molar-refractivity contribution is 0.590. The number of halogens is 1. The number of fused-ring (bicyclic) bond motifs is 20. The van der Waals surface area contributed by atoms with Crippen molar-refractivity contribution in [3.63, 3.8) is 0 Å². The van der Waals surface area contributed by atoms with Crippen LogP contribution < -0.4 is 15.5 Å². The highest BCUT2D eigenvalue weighted by atomic mass is 127. The van der Waals surface area contributed by atoms with Crippen molar-refractivity contribution >= 4 is 62.4 Å². The Hall–Kier alpha value is -10.0. The zero-order valence-electron chi connectivity index (χ0n) is 64.1. The molecule has 3 nitrogen and oxygen atoms in total. The Kier molecular flexibility index (Phi) is 17.7. The molecule has 524 valence electrons. The van der Waals surface area contributed by atoms with E-state index in [4.69, 9.17) is 5.73 Å². The molecular formula is C101H98IN3. The maximum atomic E-state index is 6.29. The van der Waals surface area contributed by atoms with Crippen molar-refractivity contribution in [2.75, 3.05) is 15.5 Å². The Labute approximate surface area is 639 Å². The molecule has 0 radical (unpaired) electrons. The third-order valence-electron chi connectivity index (χ3n) is 22.5. The van der Waals surface area contributed by atoms with E-state index in [0.717, 1.165) is 39.8 Å². The molecule has 0 bridgehead atoms. The number of nitrogens with two attached hydrogens (primary N) is 1. The first-order valence-corrected chi connectivity index (χ1v) is 38.5. The van der Waals surface area contributed by atoms with Gasteiger partial charge < -0.3 is 15.5 Å². The summed E-state index contributed by atoms with van der Waals surface area (Å²) < 4.78 is 1.30. The Morgan fingerprint density at radius 3 is 0.762 bits per heavy atom. The second-order valence-electron chi connectivity index (χ2n) is 34.6. The molecule has 13 aromatic carbocycles. The number of hydrogen-bond donors (Lipinski definition) is 1. The van der Waals surface area contributed by atoms with E-state index in [1.165, 1.54) is 126 Å². The molecule has 0 saturated heterocycles. The lowest BCUT2D eigenvalue weighted by Crippen LogP contribution is -2.26. The molecule has 17 rings (SSSR count). The van der Waals surface area contributed by atoms with Crippen molar-refractivity contribution in [2.45, 2.75) is 149 Å². The molecule has 0 fully saturated rings. The number of rotatable bonds is 6. The molecule has 0 aliphatic heterocycles. The maximum absolute atomic E-state index is 6.29. The van der Waals surface area contributed by atoms with Crippen LogP contribution in [0.1, 0.15) is 182 Å². The van der Waals surface area contributed by atoms with Gasteiger partial charge in [-0.3, -0.25) is 0 Å². The molecule has 4 heteroatoms. The van der Waals surface area contributed by atoms with Crippen LogP contribution in [0.4, 0.5) is 39.8 Å². The first-order chi connectivity index (χ1) is 49.9. The van der Waals surface area contributed by atoms with Crippen molar-refractivity contribution in [1.29, 1.82) is 0 Å². The molecule has 0 heterocycles. The summed E-state index contributed by atoms with van der Waals surface area (Å²) in [6, 6.07) is 109. The maximum Gasteiger partial charge on any atom is 0.0727 e. The average Bonchev–Trinajstić information content (AvgIpc) is 1.52. The number of benzene rings is 13. The lowest BCUT2D eigenvalue weighted by atomic mass is 9.70. The highest BCUT2D eigenvalue weighted by Gasteiger charge is 2.54. The Bertz CT molecular complexity index is 5020. The summed E-state index contributed by atoms with van der Waals surface area (Å²) in [4.78, 5) is 4.91. The van der Waals surface area contributed by atoms with E-state index in [2.05, 4.69) is 428 Å². The molecule has 13 aromatic rings. The van der Waals surface area contributed by atoms with Crippen LogP contribution in [0.25, 0.3) is 44.5 Å². The van der Waals surface area contributed by atoms with E-state index in [9.17, 15) is 0 Å². The SMILES string of the molecule is CC(C)(C)c1ccc(I)cc1.CC(C)(C)c1ccc(N(c2ccc(C(C)(C)C)cc2)c2ccc3c(c2)C2(c4ccccc4-3)c3ccccc3-c3ccc(N(c4ccc(C(C)(C)C)cc4)c4ccc(C(C)(C)C)cc4)cc32)cc1.Cc1ccc2c(c1)C1(c3ccccc3-2)c2ccccc2-c2ccc(N)cc21. The summed E-state index contributed by atoms with van der Waals surface area (Å²) in [5, 5.41) is 0. The van der Waals surface area contributed by atoms with Gasteiger partial charge in [0.1, 0.15) is 0 Å². The fourth-order valence-electron chi connectivity index (χ4n) is 17.0. The van der Waals surface area contributed by atoms with Crippen LogP contribution in [0, 0.1) is 10.5 Å². The minimum Gasteiger partial charge on any atom is -0.399 e. The Morgan fingerprint density at radius 2 is 0.467 bits per heavy atom. The van der Waals surface area contributed by atoms with E-state index >= 15 is 0 Å². The zero-order valence-corrected chi connectivity index (χ0v) is 66.2. The molecule has 0 saturated carbocycles. The van der Waals surface area contributed by atoms with E-state index in [0.29, 0.717) is 0 Å². The van der Waals surface area contributed by atoms with Gasteiger partial charge in [-0.15, -0.1) is 0 Å². The molecule has 105 heavy (non-hydrogen) atoms. The smallest absolute Gasteiger partial charge is 0.0727 e. The molecule has 2 N–H and O–H groups in total. The number of hydrogen-bond acceptors (Lipinski definition) is 3. The van der Waals surface area contributed by atoms with E-state index in [1.807, 2.05) is 6.07 Å². The van der Waals surface area contributed by atoms with Gasteiger partial charge in [-0.05, 0) is 270 Å². The average molecular weight is 1480 g/mol. The standard InChI is InChI=1S/C65H66N2.C26H19N.C10H13I/c1-61(2,3)43-21-29-47(30-22-43)66(48-31-23-44(24-32-48)62(4,5)6)51-37-39-55-53-17-13-15-19-57(53)65(59(55)41-51)58-20-16-14-18-54(58)56-40-38-52(42-60(56)65)67(49-33-25-45(26-34-49)63(7,8)9)50-35-27-46(28-36-50)64(10,11)12;1-16-10-12-20-18-6-2-4-8-22(18)26(24(20)14-16)23-9-5-3-7-19(23)21-13-11-17(27)15-25(21)26;1-10(2,3)8-4-6-9(11)7-5-8/h13-42H,1-12H3;2-15H,27H2,1H3;4-7H,1-3H3. The topological polar surface area (TPSA) is 32.5 Å². The Balaban J connectivity index is 0.000000188. The second-order valence-corrected chi connectivity index (χ2v) is 35.9. The van der Waals surface area contributed by atoms with Gasteiger partial charge in [0.05, 0.1) is 10.8 Å². The van der Waals surface area contributed by atoms with Crippen molar-refractivity contribution in [2.24, 2.45) is 0 Å². The van der Waals surface area contributed by atoms with Gasteiger partial charge in [-0.1, -0.05) is 304 Å². The van der Waals surface area contributed by atoms with Crippen LogP contribution in [-0.4, -0.2) is 0 Å².